The van der Waals surface area contributed by atoms with Crippen LogP contribution in [0.15, 0.2) is 42.0 Å². The molecule has 4 aliphatic carbocycles. The molecule has 149 valence electrons. The van der Waals surface area contributed by atoms with E-state index in [1.165, 1.54) is 60.7 Å². The van der Waals surface area contributed by atoms with E-state index in [1.807, 2.05) is 0 Å². The van der Waals surface area contributed by atoms with Crippen molar-refractivity contribution in [3.8, 4) is 0 Å². The van der Waals surface area contributed by atoms with Crippen LogP contribution in [0.5, 0.6) is 0 Å². The topological polar surface area (TPSA) is 12.9 Å². The smallest absolute Gasteiger partial charge is 0.0847 e. The molecule has 2 fully saturated rings. The van der Waals surface area contributed by atoms with E-state index in [0.29, 0.717) is 10.8 Å². The molecule has 5 atom stereocenters. The SMILES string of the molecule is C[C@]12CC[CH-]CC1=CCC1C2CC[C@]2(C)C(c3snc4ccccc34)=CCC12.[Y]. The summed E-state index contributed by atoms with van der Waals surface area (Å²) in [6.45, 7) is 5.18. The third-order valence-electron chi connectivity index (χ3n) is 9.07. The minimum atomic E-state index is 0. The van der Waals surface area contributed by atoms with Gasteiger partial charge < -0.3 is 6.42 Å². The average Bonchev–Trinajstić information content (AvgIpc) is 3.28. The molecule has 1 aromatic heterocycles. The fourth-order valence-corrected chi connectivity index (χ4v) is 8.52. The van der Waals surface area contributed by atoms with Crippen molar-refractivity contribution < 1.29 is 32.7 Å². The van der Waals surface area contributed by atoms with E-state index < -0.39 is 0 Å². The van der Waals surface area contributed by atoms with Gasteiger partial charge in [-0.1, -0.05) is 56.2 Å². The minimum Gasteiger partial charge on any atom is -0.325 e. The van der Waals surface area contributed by atoms with Crippen LogP contribution in [0.4, 0.5) is 0 Å². The van der Waals surface area contributed by atoms with Crippen LogP contribution in [0.1, 0.15) is 63.7 Å². The molecule has 0 bridgehead atoms. The van der Waals surface area contributed by atoms with Crippen LogP contribution in [0, 0.1) is 35.0 Å². The molecule has 1 heterocycles. The van der Waals surface area contributed by atoms with Gasteiger partial charge in [0.2, 0.25) is 0 Å². The summed E-state index contributed by atoms with van der Waals surface area (Å²) in [7, 11) is 0. The molecular weight excluding hydrogens is 447 g/mol. The molecule has 4 aliphatic rings. The van der Waals surface area contributed by atoms with E-state index in [4.69, 9.17) is 4.37 Å². The van der Waals surface area contributed by atoms with Crippen LogP contribution in [0.3, 0.4) is 0 Å². The van der Waals surface area contributed by atoms with E-state index >= 15 is 0 Å². The van der Waals surface area contributed by atoms with Crippen LogP contribution in [0.25, 0.3) is 16.5 Å². The summed E-state index contributed by atoms with van der Waals surface area (Å²) in [5.41, 5.74) is 5.35. The molecule has 0 aliphatic heterocycles. The van der Waals surface area contributed by atoms with E-state index in [9.17, 15) is 0 Å². The van der Waals surface area contributed by atoms with Gasteiger partial charge in [0.1, 0.15) is 0 Å². The van der Waals surface area contributed by atoms with Crippen molar-refractivity contribution in [1.29, 1.82) is 0 Å². The molecule has 1 nitrogen and oxygen atoms in total. The Balaban J connectivity index is 0.00000181. The van der Waals surface area contributed by atoms with Gasteiger partial charge >= 0.3 is 0 Å². The Labute approximate surface area is 204 Å². The molecule has 0 amide bonds. The molecule has 1 aromatic carbocycles. The first-order valence-electron chi connectivity index (χ1n) is 11.2. The van der Waals surface area contributed by atoms with Crippen molar-refractivity contribution in [2.45, 2.75) is 58.8 Å². The third-order valence-corrected chi connectivity index (χ3v) is 9.98. The fraction of sp³-hybridized carbons (Fsp3) is 0.538. The van der Waals surface area contributed by atoms with Gasteiger partial charge in [-0.15, -0.1) is 0 Å². The summed E-state index contributed by atoms with van der Waals surface area (Å²) in [5.74, 6) is 2.56. The second-order valence-corrected chi connectivity index (χ2v) is 10.9. The second-order valence-electron chi connectivity index (χ2n) is 10.1. The minimum absolute atomic E-state index is 0. The third kappa shape index (κ3) is 2.88. The summed E-state index contributed by atoms with van der Waals surface area (Å²) in [4.78, 5) is 1.45. The Hall–Kier alpha value is -0.306. The molecule has 0 spiro atoms. The molecular formula is C26H30NSY-. The number of hydrogen-bond donors (Lipinski definition) is 0. The zero-order chi connectivity index (χ0) is 18.9. The molecule has 1 radical (unpaired) electrons. The summed E-state index contributed by atoms with van der Waals surface area (Å²) in [6.07, 6.45) is 17.1. The molecule has 0 N–H and O–H groups in total. The van der Waals surface area contributed by atoms with Gasteiger partial charge in [0.25, 0.3) is 0 Å². The predicted octanol–water partition coefficient (Wildman–Crippen LogP) is 7.45. The Morgan fingerprint density at radius 1 is 1.03 bits per heavy atom. The van der Waals surface area contributed by atoms with Crippen LogP contribution in [-0.4, -0.2) is 4.37 Å². The first-order chi connectivity index (χ1) is 13.6. The summed E-state index contributed by atoms with van der Waals surface area (Å²) < 4.78 is 4.77. The summed E-state index contributed by atoms with van der Waals surface area (Å²) >= 11 is 1.73. The molecule has 2 saturated carbocycles. The number of fused-ring (bicyclic) bond motifs is 6. The number of nitrogens with zero attached hydrogens (tertiary/aromatic N) is 1. The zero-order valence-electron chi connectivity index (χ0n) is 17.7. The van der Waals surface area contributed by atoms with Gasteiger partial charge in [-0.25, -0.2) is 0 Å². The van der Waals surface area contributed by atoms with Gasteiger partial charge in [-0.05, 0) is 77.4 Å². The number of hydrogen-bond acceptors (Lipinski definition) is 2. The van der Waals surface area contributed by atoms with Crippen molar-refractivity contribution in [3.05, 3.63) is 53.3 Å². The van der Waals surface area contributed by atoms with Crippen LogP contribution < -0.4 is 0 Å². The fourth-order valence-electron chi connectivity index (χ4n) is 7.48. The Morgan fingerprint density at radius 3 is 2.79 bits per heavy atom. The van der Waals surface area contributed by atoms with Gasteiger partial charge in [0.15, 0.2) is 0 Å². The van der Waals surface area contributed by atoms with Crippen molar-refractivity contribution in [1.82, 2.24) is 4.37 Å². The Kier molecular flexibility index (Phi) is 5.24. The molecule has 6 rings (SSSR count). The predicted molar refractivity (Wildman–Crippen MR) is 119 cm³/mol. The number of aromatic nitrogens is 1. The van der Waals surface area contributed by atoms with E-state index in [-0.39, 0.29) is 32.7 Å². The first kappa shape index (κ1) is 20.6. The summed E-state index contributed by atoms with van der Waals surface area (Å²) in [6, 6.07) is 8.71. The van der Waals surface area contributed by atoms with E-state index in [1.54, 1.807) is 22.7 Å². The van der Waals surface area contributed by atoms with Crippen molar-refractivity contribution in [2.75, 3.05) is 0 Å². The largest absolute Gasteiger partial charge is 0.325 e. The first-order valence-corrected chi connectivity index (χ1v) is 12.0. The molecule has 2 aromatic rings. The van der Waals surface area contributed by atoms with Gasteiger partial charge in [0.05, 0.1) is 10.4 Å². The van der Waals surface area contributed by atoms with E-state index in [0.717, 1.165) is 17.8 Å². The Morgan fingerprint density at radius 2 is 1.90 bits per heavy atom. The van der Waals surface area contributed by atoms with Crippen molar-refractivity contribution in [3.63, 3.8) is 0 Å². The van der Waals surface area contributed by atoms with Gasteiger partial charge in [0, 0.05) is 38.1 Å². The van der Waals surface area contributed by atoms with Gasteiger partial charge in [-0.2, -0.15) is 17.2 Å². The molecule has 3 unspecified atom stereocenters. The van der Waals surface area contributed by atoms with Crippen LogP contribution in [0.2, 0.25) is 0 Å². The Bertz CT molecular complexity index is 1000. The standard InChI is InChI=1S/C26H30NS.Y/c1-25-15-6-5-7-17(25)10-11-18-20-12-13-22(26(20,2)16-14-21(18)25)24-19-8-3-4-9-23(19)27-28-24;/h3-5,8-10,13,18,20-21H,6-7,11-12,14-16H2,1-2H3;/q-1;/t18?,20?,21?,25-,26-;/m0./s1. The van der Waals surface area contributed by atoms with Crippen molar-refractivity contribution in [2.24, 2.45) is 28.6 Å². The van der Waals surface area contributed by atoms with Crippen molar-refractivity contribution >= 4 is 28.0 Å². The molecule has 3 heteroatoms. The zero-order valence-corrected chi connectivity index (χ0v) is 21.3. The van der Waals surface area contributed by atoms with E-state index in [2.05, 4.69) is 56.7 Å². The maximum absolute atomic E-state index is 4.77. The molecule has 0 saturated heterocycles. The number of benzene rings is 1. The summed E-state index contributed by atoms with van der Waals surface area (Å²) in [5, 5.41) is 1.36. The molecule has 29 heavy (non-hydrogen) atoms. The monoisotopic (exact) mass is 477 g/mol. The normalized spacial score (nSPS) is 38.3. The van der Waals surface area contributed by atoms with Crippen LogP contribution in [-0.2, 0) is 32.7 Å². The second kappa shape index (κ2) is 7.38. The maximum atomic E-state index is 4.77. The van der Waals surface area contributed by atoms with Gasteiger partial charge in [-0.3, -0.25) is 0 Å². The quantitative estimate of drug-likeness (QED) is 0.307. The van der Waals surface area contributed by atoms with Crippen LogP contribution >= 0.6 is 11.5 Å². The maximum Gasteiger partial charge on any atom is 0.0847 e. The average molecular weight is 478 g/mol. The number of allylic oxidation sites excluding steroid dienone is 4. The number of rotatable bonds is 1.